The summed E-state index contributed by atoms with van der Waals surface area (Å²) >= 11 is 1.14. The second kappa shape index (κ2) is 10.4. The van der Waals surface area contributed by atoms with E-state index in [2.05, 4.69) is 26.9 Å². The molecule has 0 aliphatic carbocycles. The molecule has 2 N–H and O–H groups in total. The third-order valence-electron chi connectivity index (χ3n) is 5.21. The molecule has 1 aromatic heterocycles. The van der Waals surface area contributed by atoms with Gasteiger partial charge in [0.15, 0.2) is 0 Å². The van der Waals surface area contributed by atoms with Crippen LogP contribution in [0, 0.1) is 6.92 Å². The number of hydrogen-bond acceptors (Lipinski definition) is 6. The van der Waals surface area contributed by atoms with Gasteiger partial charge >= 0.3 is 0 Å². The molecule has 1 fully saturated rings. The number of hydrogen-bond donors (Lipinski definition) is 2. The van der Waals surface area contributed by atoms with Crippen molar-refractivity contribution in [3.63, 3.8) is 0 Å². The van der Waals surface area contributed by atoms with E-state index in [1.54, 1.807) is 17.5 Å². The number of nitrogens with one attached hydrogen (secondary N) is 2. The highest BCUT2D eigenvalue weighted by Gasteiger charge is 2.24. The number of likely N-dealkylation sites (N-methyl/N-ethyl adjacent to an activating group) is 1. The van der Waals surface area contributed by atoms with Crippen LogP contribution in [0.3, 0.4) is 0 Å². The molecule has 1 aliphatic rings. The molecule has 9 heteroatoms. The van der Waals surface area contributed by atoms with Gasteiger partial charge in [-0.2, -0.15) is 0 Å². The topological polar surface area (TPSA) is 81.7 Å². The molecule has 0 atom stereocenters. The first-order valence-electron chi connectivity index (χ1n) is 10.2. The van der Waals surface area contributed by atoms with Crippen molar-refractivity contribution in [1.29, 1.82) is 0 Å². The lowest BCUT2D eigenvalue weighted by Crippen LogP contribution is -2.44. The predicted octanol–water partition coefficient (Wildman–Crippen LogP) is 2.61. The predicted molar refractivity (Wildman–Crippen MR) is 122 cm³/mol. The maximum Gasteiger partial charge on any atom is 0.263 e. The summed E-state index contributed by atoms with van der Waals surface area (Å²) in [6.45, 7) is 7.88. The average molecular weight is 451 g/mol. The lowest BCUT2D eigenvalue weighted by Gasteiger charge is -2.32. The fourth-order valence-corrected chi connectivity index (χ4v) is 5.72. The minimum absolute atomic E-state index is 0.0167. The first-order valence-corrected chi connectivity index (χ1v) is 12.6. The Morgan fingerprint density at radius 2 is 1.77 bits per heavy atom. The lowest BCUT2D eigenvalue weighted by molar-refractivity contribution is 0.0953. The van der Waals surface area contributed by atoms with E-state index in [0.29, 0.717) is 12.2 Å². The quantitative estimate of drug-likeness (QED) is 0.574. The van der Waals surface area contributed by atoms with Crippen molar-refractivity contribution in [2.75, 3.05) is 51.0 Å². The number of nitrogens with zero attached hydrogens (tertiary/aromatic N) is 2. The van der Waals surface area contributed by atoms with Gasteiger partial charge in [0, 0.05) is 38.4 Å². The van der Waals surface area contributed by atoms with Crippen molar-refractivity contribution >= 4 is 33.0 Å². The number of amides is 1. The van der Waals surface area contributed by atoms with Crippen molar-refractivity contribution < 1.29 is 13.2 Å². The van der Waals surface area contributed by atoms with Gasteiger partial charge in [0.25, 0.3) is 15.9 Å². The summed E-state index contributed by atoms with van der Waals surface area (Å²) in [5.41, 5.74) is 1.52. The van der Waals surface area contributed by atoms with Gasteiger partial charge in [0.2, 0.25) is 0 Å². The molecular weight excluding hydrogens is 420 g/mol. The molecule has 164 valence electrons. The number of rotatable bonds is 9. The van der Waals surface area contributed by atoms with E-state index in [4.69, 9.17) is 0 Å². The number of carbonyl (C=O) groups excluding carboxylic acids is 1. The summed E-state index contributed by atoms with van der Waals surface area (Å²) in [7, 11) is -1.68. The lowest BCUT2D eigenvalue weighted by atomic mass is 10.2. The third kappa shape index (κ3) is 6.28. The first kappa shape index (κ1) is 22.7. The molecular formula is C21H30N4O3S2. The molecule has 0 bridgehead atoms. The van der Waals surface area contributed by atoms with Gasteiger partial charge in [-0.25, -0.2) is 8.42 Å². The molecule has 1 amide bonds. The van der Waals surface area contributed by atoms with Crippen molar-refractivity contribution in [3.05, 3.63) is 46.2 Å². The SMILES string of the molecule is Cc1ccc(NS(=O)(=O)c2ccsc2C(=O)NCCCCN2CCN(C)CC2)cc1. The van der Waals surface area contributed by atoms with Crippen molar-refractivity contribution in [3.8, 4) is 0 Å². The number of piperazine rings is 1. The Labute approximate surface area is 183 Å². The zero-order chi connectivity index (χ0) is 21.6. The highest BCUT2D eigenvalue weighted by Crippen LogP contribution is 2.24. The number of benzene rings is 1. The van der Waals surface area contributed by atoms with E-state index < -0.39 is 10.0 Å². The number of anilines is 1. The van der Waals surface area contributed by atoms with Crippen LogP contribution in [0.2, 0.25) is 0 Å². The minimum Gasteiger partial charge on any atom is -0.351 e. The number of sulfonamides is 1. The highest BCUT2D eigenvalue weighted by atomic mass is 32.2. The van der Waals surface area contributed by atoms with Crippen LogP contribution < -0.4 is 10.0 Å². The van der Waals surface area contributed by atoms with E-state index in [0.717, 1.165) is 62.5 Å². The largest absolute Gasteiger partial charge is 0.351 e. The average Bonchev–Trinajstić information content (AvgIpc) is 3.22. The standard InChI is InChI=1S/C21H30N4O3S2/c1-17-5-7-18(8-6-17)23-30(27,28)19-9-16-29-20(19)21(26)22-10-3-4-11-25-14-12-24(2)13-15-25/h5-9,16,23H,3-4,10-15H2,1-2H3,(H,22,26). The van der Waals surface area contributed by atoms with E-state index in [1.165, 1.54) is 6.07 Å². The molecule has 0 saturated carbocycles. The molecule has 3 rings (SSSR count). The third-order valence-corrected chi connectivity index (χ3v) is 7.68. The molecule has 1 aromatic carbocycles. The maximum atomic E-state index is 12.8. The van der Waals surface area contributed by atoms with Crippen LogP contribution in [0.25, 0.3) is 0 Å². The molecule has 0 unspecified atom stereocenters. The monoisotopic (exact) mass is 450 g/mol. The summed E-state index contributed by atoms with van der Waals surface area (Å²) in [5, 5.41) is 4.50. The second-order valence-electron chi connectivity index (χ2n) is 7.69. The van der Waals surface area contributed by atoms with Crippen LogP contribution in [-0.4, -0.2) is 70.4 Å². The normalized spacial score (nSPS) is 15.8. The maximum absolute atomic E-state index is 12.8. The molecule has 7 nitrogen and oxygen atoms in total. The summed E-state index contributed by atoms with van der Waals surface area (Å²) in [6.07, 6.45) is 1.88. The summed E-state index contributed by atoms with van der Waals surface area (Å²) in [4.78, 5) is 17.6. The summed E-state index contributed by atoms with van der Waals surface area (Å²) in [6, 6.07) is 8.56. The molecule has 1 saturated heterocycles. The fraction of sp³-hybridized carbons (Fsp3) is 0.476. The summed E-state index contributed by atoms with van der Waals surface area (Å²) < 4.78 is 28.1. The fourth-order valence-electron chi connectivity index (χ4n) is 3.32. The molecule has 2 heterocycles. The van der Waals surface area contributed by atoms with Gasteiger partial charge in [-0.1, -0.05) is 17.7 Å². The smallest absolute Gasteiger partial charge is 0.263 e. The Morgan fingerprint density at radius 1 is 1.07 bits per heavy atom. The Hall–Kier alpha value is -1.94. The van der Waals surface area contributed by atoms with E-state index in [-0.39, 0.29) is 15.7 Å². The van der Waals surface area contributed by atoms with Gasteiger partial charge in [0.05, 0.1) is 0 Å². The first-order chi connectivity index (χ1) is 14.3. The molecule has 2 aromatic rings. The van der Waals surface area contributed by atoms with Gasteiger partial charge in [-0.05, 0) is 56.9 Å². The van der Waals surface area contributed by atoms with Crippen molar-refractivity contribution in [1.82, 2.24) is 15.1 Å². The Bertz CT molecular complexity index is 933. The highest BCUT2D eigenvalue weighted by molar-refractivity contribution is 7.93. The number of thiophene rings is 1. The van der Waals surface area contributed by atoms with E-state index >= 15 is 0 Å². The van der Waals surface area contributed by atoms with E-state index in [1.807, 2.05) is 19.1 Å². The van der Waals surface area contributed by atoms with Crippen LogP contribution in [-0.2, 0) is 10.0 Å². The molecule has 30 heavy (non-hydrogen) atoms. The number of carbonyl (C=O) groups is 1. The van der Waals surface area contributed by atoms with Crippen LogP contribution in [0.15, 0.2) is 40.6 Å². The zero-order valence-corrected chi connectivity index (χ0v) is 19.2. The van der Waals surface area contributed by atoms with Crippen molar-refractivity contribution in [2.45, 2.75) is 24.7 Å². The number of unbranched alkanes of at least 4 members (excludes halogenated alkanes) is 1. The Morgan fingerprint density at radius 3 is 2.47 bits per heavy atom. The van der Waals surface area contributed by atoms with Crippen LogP contribution in [0.4, 0.5) is 5.69 Å². The van der Waals surface area contributed by atoms with E-state index in [9.17, 15) is 13.2 Å². The van der Waals surface area contributed by atoms with Crippen LogP contribution >= 0.6 is 11.3 Å². The molecule has 0 radical (unpaired) electrons. The molecule has 0 spiro atoms. The van der Waals surface area contributed by atoms with Crippen LogP contribution in [0.5, 0.6) is 0 Å². The van der Waals surface area contributed by atoms with Crippen molar-refractivity contribution in [2.24, 2.45) is 0 Å². The van der Waals surface area contributed by atoms with Crippen LogP contribution in [0.1, 0.15) is 28.1 Å². The molecule has 1 aliphatic heterocycles. The number of aryl methyl sites for hydroxylation is 1. The zero-order valence-electron chi connectivity index (χ0n) is 17.6. The Balaban J connectivity index is 1.49. The van der Waals surface area contributed by atoms with Gasteiger partial charge < -0.3 is 15.1 Å². The van der Waals surface area contributed by atoms with Gasteiger partial charge in [-0.15, -0.1) is 11.3 Å². The second-order valence-corrected chi connectivity index (χ2v) is 10.3. The minimum atomic E-state index is -3.82. The Kier molecular flexibility index (Phi) is 7.87. The van der Waals surface area contributed by atoms with Gasteiger partial charge in [-0.3, -0.25) is 9.52 Å². The summed E-state index contributed by atoms with van der Waals surface area (Å²) in [5.74, 6) is -0.339. The van der Waals surface area contributed by atoms with Gasteiger partial charge in [0.1, 0.15) is 9.77 Å².